The van der Waals surface area contributed by atoms with Crippen LogP contribution in [0.1, 0.15) is 10.4 Å². The summed E-state index contributed by atoms with van der Waals surface area (Å²) in [5.74, 6) is 0.169. The quantitative estimate of drug-likeness (QED) is 0.728. The van der Waals surface area contributed by atoms with Gasteiger partial charge in [0.2, 0.25) is 0 Å². The number of nitrogens with one attached hydrogen (secondary N) is 1. The number of sulfone groups is 1. The van der Waals surface area contributed by atoms with Crippen LogP contribution in [0.25, 0.3) is 10.2 Å². The van der Waals surface area contributed by atoms with Crippen LogP contribution in [-0.4, -0.2) is 32.7 Å². The molecule has 0 aliphatic carbocycles. The fraction of sp³-hybridized carbons (Fsp3) is 0.125. The Kier molecular flexibility index (Phi) is 4.68. The summed E-state index contributed by atoms with van der Waals surface area (Å²) in [5.41, 5.74) is 0.896. The largest absolute Gasteiger partial charge is 0.494 e. The van der Waals surface area contributed by atoms with E-state index in [1.165, 1.54) is 42.7 Å². The monoisotopic (exact) mass is 396 g/mol. The van der Waals surface area contributed by atoms with Gasteiger partial charge < -0.3 is 4.74 Å². The number of rotatable bonds is 4. The second-order valence-corrected chi connectivity index (χ2v) is 8.62. The van der Waals surface area contributed by atoms with Crippen LogP contribution in [-0.2, 0) is 9.84 Å². The van der Waals surface area contributed by atoms with Gasteiger partial charge in [-0.3, -0.25) is 10.1 Å². The highest BCUT2D eigenvalue weighted by atomic mass is 35.5. The molecule has 1 N–H and O–H groups in total. The van der Waals surface area contributed by atoms with Crippen LogP contribution < -0.4 is 10.1 Å². The van der Waals surface area contributed by atoms with Crippen LogP contribution in [0.3, 0.4) is 0 Å². The van der Waals surface area contributed by atoms with Gasteiger partial charge in [0.15, 0.2) is 15.0 Å². The first-order valence-electron chi connectivity index (χ1n) is 7.04. The zero-order valence-corrected chi connectivity index (χ0v) is 15.6. The highest BCUT2D eigenvalue weighted by Crippen LogP contribution is 2.37. The van der Waals surface area contributed by atoms with E-state index >= 15 is 0 Å². The van der Waals surface area contributed by atoms with E-state index in [4.69, 9.17) is 16.3 Å². The van der Waals surface area contributed by atoms with Gasteiger partial charge in [-0.05, 0) is 36.4 Å². The first-order valence-corrected chi connectivity index (χ1v) is 10.1. The fourth-order valence-corrected chi connectivity index (χ4v) is 3.97. The molecule has 0 unspecified atom stereocenters. The average molecular weight is 397 g/mol. The van der Waals surface area contributed by atoms with Gasteiger partial charge >= 0.3 is 0 Å². The maximum atomic E-state index is 12.3. The summed E-state index contributed by atoms with van der Waals surface area (Å²) in [6.45, 7) is 0. The van der Waals surface area contributed by atoms with Gasteiger partial charge in [-0.15, -0.1) is 0 Å². The van der Waals surface area contributed by atoms with Crippen LogP contribution in [0.15, 0.2) is 41.3 Å². The van der Waals surface area contributed by atoms with E-state index in [-0.39, 0.29) is 4.90 Å². The zero-order valence-electron chi connectivity index (χ0n) is 13.2. The van der Waals surface area contributed by atoms with E-state index in [0.29, 0.717) is 31.7 Å². The summed E-state index contributed by atoms with van der Waals surface area (Å²) in [5, 5.41) is 3.58. The number of benzene rings is 2. The molecule has 0 bridgehead atoms. The molecule has 0 atom stereocenters. The van der Waals surface area contributed by atoms with Crippen molar-refractivity contribution in [2.75, 3.05) is 18.7 Å². The predicted molar refractivity (Wildman–Crippen MR) is 98.7 cm³/mol. The highest BCUT2D eigenvalue weighted by Gasteiger charge is 2.15. The Morgan fingerprint density at radius 2 is 1.88 bits per heavy atom. The van der Waals surface area contributed by atoms with Gasteiger partial charge in [0, 0.05) is 11.8 Å². The summed E-state index contributed by atoms with van der Waals surface area (Å²) in [6.07, 6.45) is 1.11. The highest BCUT2D eigenvalue weighted by molar-refractivity contribution is 7.90. The molecule has 3 aromatic rings. The molecule has 25 heavy (non-hydrogen) atoms. The van der Waals surface area contributed by atoms with Crippen molar-refractivity contribution in [2.24, 2.45) is 0 Å². The van der Waals surface area contributed by atoms with Gasteiger partial charge in [-0.2, -0.15) is 0 Å². The third-order valence-corrected chi connectivity index (χ3v) is 6.00. The molecule has 9 heteroatoms. The molecule has 0 spiro atoms. The molecule has 0 saturated carbocycles. The van der Waals surface area contributed by atoms with Gasteiger partial charge in [0.25, 0.3) is 5.91 Å². The summed E-state index contributed by atoms with van der Waals surface area (Å²) in [6, 6.07) is 9.10. The standard InChI is InChI=1S/C16H13ClN2O4S2/c1-23-12-8-7-11(17)14-13(12)18-16(24-14)19-15(20)9-3-5-10(6-4-9)25(2,21)22/h3-8H,1-2H3,(H,18,19,20). The first kappa shape index (κ1) is 17.7. The Morgan fingerprint density at radius 3 is 2.48 bits per heavy atom. The molecule has 130 valence electrons. The number of carbonyl (C=O) groups is 1. The molecule has 0 aliphatic rings. The van der Waals surface area contributed by atoms with Crippen molar-refractivity contribution >= 4 is 54.0 Å². The Hall–Kier alpha value is -2.16. The predicted octanol–water partition coefficient (Wildman–Crippen LogP) is 3.61. The summed E-state index contributed by atoms with van der Waals surface area (Å²) in [4.78, 5) is 16.8. The number of methoxy groups -OCH3 is 1. The molecule has 0 fully saturated rings. The number of anilines is 1. The van der Waals surface area contributed by atoms with E-state index in [1.54, 1.807) is 12.1 Å². The number of nitrogens with zero attached hydrogens (tertiary/aromatic N) is 1. The van der Waals surface area contributed by atoms with Crippen molar-refractivity contribution in [1.82, 2.24) is 4.98 Å². The van der Waals surface area contributed by atoms with E-state index < -0.39 is 15.7 Å². The number of hydrogen-bond donors (Lipinski definition) is 1. The molecule has 1 heterocycles. The van der Waals surface area contributed by atoms with Gasteiger partial charge in [-0.1, -0.05) is 22.9 Å². The van der Waals surface area contributed by atoms with Crippen molar-refractivity contribution in [3.8, 4) is 5.75 Å². The van der Waals surface area contributed by atoms with Gasteiger partial charge in [0.05, 0.1) is 21.7 Å². The zero-order chi connectivity index (χ0) is 18.2. The minimum atomic E-state index is -3.30. The van der Waals surface area contributed by atoms with Crippen molar-refractivity contribution in [3.05, 3.63) is 47.0 Å². The number of amides is 1. The normalized spacial score (nSPS) is 11.5. The molecule has 1 aromatic heterocycles. The van der Waals surface area contributed by atoms with Gasteiger partial charge in [-0.25, -0.2) is 13.4 Å². The maximum Gasteiger partial charge on any atom is 0.257 e. The lowest BCUT2D eigenvalue weighted by Gasteiger charge is -2.03. The molecule has 0 aliphatic heterocycles. The number of thiazole rings is 1. The number of aromatic nitrogens is 1. The van der Waals surface area contributed by atoms with Crippen molar-refractivity contribution < 1.29 is 17.9 Å². The minimum absolute atomic E-state index is 0.153. The van der Waals surface area contributed by atoms with Crippen LogP contribution in [0, 0.1) is 0 Å². The Balaban J connectivity index is 1.88. The van der Waals surface area contributed by atoms with Crippen molar-refractivity contribution in [1.29, 1.82) is 0 Å². The number of hydrogen-bond acceptors (Lipinski definition) is 6. The second-order valence-electron chi connectivity index (χ2n) is 5.20. The molecule has 3 rings (SSSR count). The average Bonchev–Trinajstić information content (AvgIpc) is 2.99. The van der Waals surface area contributed by atoms with Crippen molar-refractivity contribution in [2.45, 2.75) is 4.90 Å². The van der Waals surface area contributed by atoms with E-state index in [9.17, 15) is 13.2 Å². The number of ether oxygens (including phenoxy) is 1. The molecule has 0 radical (unpaired) electrons. The van der Waals surface area contributed by atoms with Crippen LogP contribution >= 0.6 is 22.9 Å². The molecular weight excluding hydrogens is 384 g/mol. The van der Waals surface area contributed by atoms with Crippen LogP contribution in [0.4, 0.5) is 5.13 Å². The molecular formula is C16H13ClN2O4S2. The van der Waals surface area contributed by atoms with Crippen LogP contribution in [0.2, 0.25) is 5.02 Å². The number of carbonyl (C=O) groups excluding carboxylic acids is 1. The minimum Gasteiger partial charge on any atom is -0.494 e. The summed E-state index contributed by atoms with van der Waals surface area (Å²) >= 11 is 7.39. The lowest BCUT2D eigenvalue weighted by Crippen LogP contribution is -2.11. The molecule has 2 aromatic carbocycles. The third kappa shape index (κ3) is 3.60. The van der Waals surface area contributed by atoms with E-state index in [2.05, 4.69) is 10.3 Å². The Labute approximate surface area is 153 Å². The van der Waals surface area contributed by atoms with Crippen LogP contribution in [0.5, 0.6) is 5.75 Å². The van der Waals surface area contributed by atoms with Gasteiger partial charge in [0.1, 0.15) is 11.3 Å². The second kappa shape index (κ2) is 6.62. The van der Waals surface area contributed by atoms with E-state index in [0.717, 1.165) is 6.26 Å². The smallest absolute Gasteiger partial charge is 0.257 e. The summed E-state index contributed by atoms with van der Waals surface area (Å²) in [7, 11) is -1.77. The Morgan fingerprint density at radius 1 is 1.20 bits per heavy atom. The number of fused-ring (bicyclic) bond motifs is 1. The maximum absolute atomic E-state index is 12.3. The van der Waals surface area contributed by atoms with E-state index in [1.807, 2.05) is 0 Å². The fourth-order valence-electron chi connectivity index (χ4n) is 2.19. The molecule has 0 saturated heterocycles. The van der Waals surface area contributed by atoms with Crippen molar-refractivity contribution in [3.63, 3.8) is 0 Å². The third-order valence-electron chi connectivity index (χ3n) is 3.44. The molecule has 6 nitrogen and oxygen atoms in total. The summed E-state index contributed by atoms with van der Waals surface area (Å²) < 4.78 is 28.9. The lowest BCUT2D eigenvalue weighted by molar-refractivity contribution is 0.102. The SMILES string of the molecule is COc1ccc(Cl)c2sc(NC(=O)c3ccc(S(C)(=O)=O)cc3)nc12. The lowest BCUT2D eigenvalue weighted by atomic mass is 10.2. The molecule has 1 amide bonds. The first-order chi connectivity index (χ1) is 11.8. The Bertz CT molecular complexity index is 1060. The number of halogens is 1. The topological polar surface area (TPSA) is 85.4 Å².